The summed E-state index contributed by atoms with van der Waals surface area (Å²) in [6.07, 6.45) is 3.08. The number of rotatable bonds is 4. The van der Waals surface area contributed by atoms with Gasteiger partial charge in [0.15, 0.2) is 5.16 Å². The van der Waals surface area contributed by atoms with E-state index in [1.54, 1.807) is 11.8 Å². The van der Waals surface area contributed by atoms with Crippen LogP contribution < -0.4 is 5.73 Å². The quantitative estimate of drug-likeness (QED) is 0.489. The minimum atomic E-state index is 0.551. The summed E-state index contributed by atoms with van der Waals surface area (Å²) in [5, 5.41) is 2.28. The smallest absolute Gasteiger partial charge is 0.190 e. The van der Waals surface area contributed by atoms with Crippen LogP contribution in [0, 0.1) is 0 Å². The molecule has 0 aliphatic heterocycles. The lowest BCUT2D eigenvalue weighted by Gasteiger charge is -2.08. The van der Waals surface area contributed by atoms with Crippen LogP contribution in [0.3, 0.4) is 0 Å². The van der Waals surface area contributed by atoms with Gasteiger partial charge in [0.2, 0.25) is 0 Å². The molecule has 14 heavy (non-hydrogen) atoms. The molecule has 78 valence electrons. The Labute approximate surface area is 93.3 Å². The molecule has 0 fully saturated rings. The molecule has 0 amide bonds. The van der Waals surface area contributed by atoms with Crippen LogP contribution in [0.4, 0.5) is 5.82 Å². The number of nitrogens with two attached hydrogens (primary N) is 1. The van der Waals surface area contributed by atoms with E-state index >= 15 is 0 Å². The number of hydrogen-bond donors (Lipinski definition) is 1. The van der Waals surface area contributed by atoms with E-state index in [2.05, 4.69) is 23.8 Å². The molecule has 1 heterocycles. The summed E-state index contributed by atoms with van der Waals surface area (Å²) in [5.74, 6) is 0.551. The predicted molar refractivity (Wildman–Crippen MR) is 63.8 cm³/mol. The third-order valence-corrected chi connectivity index (χ3v) is 3.52. The van der Waals surface area contributed by atoms with Crippen molar-refractivity contribution in [2.45, 2.75) is 35.7 Å². The van der Waals surface area contributed by atoms with Gasteiger partial charge in [-0.25, -0.2) is 9.97 Å². The molecule has 0 bridgehead atoms. The zero-order valence-corrected chi connectivity index (χ0v) is 10.3. The molecule has 1 aromatic rings. The first-order valence-corrected chi connectivity index (χ1v) is 6.61. The highest BCUT2D eigenvalue weighted by Gasteiger charge is 2.06. The molecule has 0 aliphatic carbocycles. The second-order valence-electron chi connectivity index (χ2n) is 2.95. The molecule has 1 unspecified atom stereocenters. The summed E-state index contributed by atoms with van der Waals surface area (Å²) in [6.45, 7) is 4.35. The largest absolute Gasteiger partial charge is 0.384 e. The molecule has 0 radical (unpaired) electrons. The van der Waals surface area contributed by atoms with Crippen LogP contribution in [-0.2, 0) is 0 Å². The SMILES string of the molecule is CCC(C)Sc1cc(N)nc(SC)n1. The molecule has 3 nitrogen and oxygen atoms in total. The normalized spacial score (nSPS) is 12.8. The molecular formula is C9H15N3S2. The molecular weight excluding hydrogens is 214 g/mol. The van der Waals surface area contributed by atoms with Gasteiger partial charge in [-0.1, -0.05) is 25.6 Å². The number of aromatic nitrogens is 2. The van der Waals surface area contributed by atoms with Crippen molar-refractivity contribution in [3.63, 3.8) is 0 Å². The fourth-order valence-corrected chi connectivity index (χ4v) is 2.21. The second-order valence-corrected chi connectivity index (χ2v) is 5.19. The van der Waals surface area contributed by atoms with Gasteiger partial charge in [0.05, 0.1) is 0 Å². The highest BCUT2D eigenvalue weighted by molar-refractivity contribution is 8.00. The Morgan fingerprint density at radius 3 is 2.79 bits per heavy atom. The van der Waals surface area contributed by atoms with E-state index < -0.39 is 0 Å². The van der Waals surface area contributed by atoms with Crippen LogP contribution in [0.2, 0.25) is 0 Å². The third-order valence-electron chi connectivity index (χ3n) is 1.78. The van der Waals surface area contributed by atoms with E-state index in [1.807, 2.05) is 12.3 Å². The lowest BCUT2D eigenvalue weighted by Crippen LogP contribution is -1.99. The van der Waals surface area contributed by atoms with Crippen LogP contribution in [0.5, 0.6) is 0 Å². The van der Waals surface area contributed by atoms with Crippen LogP contribution in [0.1, 0.15) is 20.3 Å². The summed E-state index contributed by atoms with van der Waals surface area (Å²) < 4.78 is 0. The first-order valence-electron chi connectivity index (χ1n) is 4.51. The molecule has 0 aromatic carbocycles. The Hall–Kier alpha value is -0.420. The van der Waals surface area contributed by atoms with Crippen LogP contribution in [-0.4, -0.2) is 21.5 Å². The Bertz CT molecular complexity index is 304. The number of nitrogen functional groups attached to an aromatic ring is 1. The van der Waals surface area contributed by atoms with Gasteiger partial charge in [0.25, 0.3) is 0 Å². The second kappa shape index (κ2) is 5.46. The van der Waals surface area contributed by atoms with E-state index in [4.69, 9.17) is 5.73 Å². The molecule has 2 N–H and O–H groups in total. The monoisotopic (exact) mass is 229 g/mol. The van der Waals surface area contributed by atoms with Crippen molar-refractivity contribution in [3.05, 3.63) is 6.07 Å². The Kier molecular flexibility index (Phi) is 4.54. The lowest BCUT2D eigenvalue weighted by molar-refractivity contribution is 0.873. The van der Waals surface area contributed by atoms with E-state index in [-0.39, 0.29) is 0 Å². The number of hydrogen-bond acceptors (Lipinski definition) is 5. The molecule has 0 aliphatic rings. The molecule has 0 saturated carbocycles. The van der Waals surface area contributed by atoms with E-state index in [0.29, 0.717) is 11.1 Å². The first-order chi connectivity index (χ1) is 6.65. The maximum Gasteiger partial charge on any atom is 0.190 e. The zero-order chi connectivity index (χ0) is 10.6. The van der Waals surface area contributed by atoms with Crippen LogP contribution in [0.25, 0.3) is 0 Å². The predicted octanol–water partition coefficient (Wildman–Crippen LogP) is 2.67. The topological polar surface area (TPSA) is 51.8 Å². The minimum absolute atomic E-state index is 0.551. The maximum atomic E-state index is 5.67. The number of thioether (sulfide) groups is 2. The molecule has 5 heteroatoms. The summed E-state index contributed by atoms with van der Waals surface area (Å²) in [4.78, 5) is 8.48. The van der Waals surface area contributed by atoms with Crippen molar-refractivity contribution in [1.29, 1.82) is 0 Å². The average Bonchev–Trinajstić information content (AvgIpc) is 2.16. The minimum Gasteiger partial charge on any atom is -0.384 e. The molecule has 0 saturated heterocycles. The van der Waals surface area contributed by atoms with Gasteiger partial charge in [-0.15, -0.1) is 11.8 Å². The van der Waals surface area contributed by atoms with Crippen LogP contribution >= 0.6 is 23.5 Å². The fourth-order valence-electron chi connectivity index (χ4n) is 0.862. The summed E-state index contributed by atoms with van der Waals surface area (Å²) >= 11 is 3.26. The van der Waals surface area contributed by atoms with Gasteiger partial charge < -0.3 is 5.73 Å². The standard InChI is InChI=1S/C9H15N3S2/c1-4-6(2)14-8-5-7(10)11-9(12-8)13-3/h5-6H,4H2,1-3H3,(H2,10,11,12). The highest BCUT2D eigenvalue weighted by atomic mass is 32.2. The van der Waals surface area contributed by atoms with Crippen molar-refractivity contribution in [3.8, 4) is 0 Å². The van der Waals surface area contributed by atoms with Gasteiger partial charge in [0, 0.05) is 11.3 Å². The van der Waals surface area contributed by atoms with Crippen molar-refractivity contribution in [1.82, 2.24) is 9.97 Å². The maximum absolute atomic E-state index is 5.67. The van der Waals surface area contributed by atoms with E-state index in [9.17, 15) is 0 Å². The van der Waals surface area contributed by atoms with Crippen LogP contribution in [0.15, 0.2) is 16.2 Å². The van der Waals surface area contributed by atoms with E-state index in [1.165, 1.54) is 11.8 Å². The van der Waals surface area contributed by atoms with Gasteiger partial charge in [-0.05, 0) is 12.7 Å². The summed E-state index contributed by atoms with van der Waals surface area (Å²) in [6, 6.07) is 1.83. The Balaban J connectivity index is 2.81. The fraction of sp³-hybridized carbons (Fsp3) is 0.556. The van der Waals surface area contributed by atoms with Crippen molar-refractivity contribution >= 4 is 29.3 Å². The van der Waals surface area contributed by atoms with Crippen molar-refractivity contribution in [2.75, 3.05) is 12.0 Å². The molecule has 1 aromatic heterocycles. The number of nitrogens with zero attached hydrogens (tertiary/aromatic N) is 2. The lowest BCUT2D eigenvalue weighted by atomic mass is 10.4. The van der Waals surface area contributed by atoms with Gasteiger partial charge in [0.1, 0.15) is 10.8 Å². The Morgan fingerprint density at radius 2 is 2.21 bits per heavy atom. The molecule has 1 rings (SSSR count). The highest BCUT2D eigenvalue weighted by Crippen LogP contribution is 2.25. The van der Waals surface area contributed by atoms with Gasteiger partial charge >= 0.3 is 0 Å². The first kappa shape index (κ1) is 11.7. The van der Waals surface area contributed by atoms with Crippen molar-refractivity contribution in [2.24, 2.45) is 0 Å². The van der Waals surface area contributed by atoms with Gasteiger partial charge in [-0.2, -0.15) is 0 Å². The summed E-state index contributed by atoms with van der Waals surface area (Å²) in [5.41, 5.74) is 5.67. The molecule has 1 atom stereocenters. The third kappa shape index (κ3) is 3.38. The van der Waals surface area contributed by atoms with E-state index in [0.717, 1.165) is 16.6 Å². The number of anilines is 1. The van der Waals surface area contributed by atoms with Crippen molar-refractivity contribution < 1.29 is 0 Å². The van der Waals surface area contributed by atoms with Gasteiger partial charge in [-0.3, -0.25) is 0 Å². The zero-order valence-electron chi connectivity index (χ0n) is 8.65. The Morgan fingerprint density at radius 1 is 1.50 bits per heavy atom. The average molecular weight is 229 g/mol. The molecule has 0 spiro atoms. The summed E-state index contributed by atoms with van der Waals surface area (Å²) in [7, 11) is 0.